The van der Waals surface area contributed by atoms with Crippen molar-refractivity contribution in [2.45, 2.75) is 19.9 Å². The second kappa shape index (κ2) is 7.55. The van der Waals surface area contributed by atoms with Crippen molar-refractivity contribution in [3.63, 3.8) is 0 Å². The van der Waals surface area contributed by atoms with Gasteiger partial charge in [-0.05, 0) is 42.4 Å². The molecular weight excluding hydrogens is 314 g/mol. The molecule has 3 N–H and O–H groups in total. The zero-order valence-corrected chi connectivity index (χ0v) is 13.4. The normalized spacial score (nSPS) is 10.1. The summed E-state index contributed by atoms with van der Waals surface area (Å²) in [6.45, 7) is 2.26. The Hall–Kier alpha value is -2.67. The van der Waals surface area contributed by atoms with Gasteiger partial charge in [0.25, 0.3) is 5.69 Å². The lowest BCUT2D eigenvalue weighted by atomic mass is 10.1. The topological polar surface area (TPSA) is 87.4 Å². The molecule has 2 rings (SSSR count). The van der Waals surface area contributed by atoms with Crippen LogP contribution in [-0.2, 0) is 13.0 Å². The van der Waals surface area contributed by atoms with Crippen LogP contribution in [0.3, 0.4) is 0 Å². The van der Waals surface area contributed by atoms with E-state index >= 15 is 0 Å². The van der Waals surface area contributed by atoms with Crippen molar-refractivity contribution in [1.29, 1.82) is 0 Å². The highest BCUT2D eigenvalue weighted by Crippen LogP contribution is 2.22. The lowest BCUT2D eigenvalue weighted by Gasteiger charge is -2.12. The molecule has 6 nitrogen and oxygen atoms in total. The number of aryl methyl sites for hydroxylation is 1. The van der Waals surface area contributed by atoms with Crippen molar-refractivity contribution in [2.24, 2.45) is 0 Å². The summed E-state index contributed by atoms with van der Waals surface area (Å²) < 4.78 is 0. The van der Waals surface area contributed by atoms with Crippen LogP contribution in [0.25, 0.3) is 0 Å². The Morgan fingerprint density at radius 2 is 2.09 bits per heavy atom. The number of nitro benzene ring substituents is 1. The molecule has 23 heavy (non-hydrogen) atoms. The van der Waals surface area contributed by atoms with Gasteiger partial charge in [0.05, 0.1) is 4.92 Å². The summed E-state index contributed by atoms with van der Waals surface area (Å²) in [4.78, 5) is 10.3. The largest absolute Gasteiger partial charge is 0.508 e. The van der Waals surface area contributed by atoms with Crippen LogP contribution in [0, 0.1) is 10.1 Å². The lowest BCUT2D eigenvalue weighted by Crippen LogP contribution is -2.27. The first-order valence-corrected chi connectivity index (χ1v) is 7.50. The first-order chi connectivity index (χ1) is 11.0. The van der Waals surface area contributed by atoms with Crippen LogP contribution >= 0.6 is 12.2 Å². The predicted molar refractivity (Wildman–Crippen MR) is 93.6 cm³/mol. The molecule has 0 spiro atoms. The van der Waals surface area contributed by atoms with E-state index in [0.717, 1.165) is 12.1 Å². The predicted octanol–water partition coefficient (Wildman–Crippen LogP) is 3.35. The van der Waals surface area contributed by atoms with Crippen molar-refractivity contribution < 1.29 is 10.0 Å². The Morgan fingerprint density at radius 3 is 2.78 bits per heavy atom. The van der Waals surface area contributed by atoms with E-state index in [1.807, 2.05) is 24.3 Å². The van der Waals surface area contributed by atoms with Gasteiger partial charge >= 0.3 is 0 Å². The van der Waals surface area contributed by atoms with Crippen LogP contribution in [-0.4, -0.2) is 15.1 Å². The molecule has 0 saturated heterocycles. The molecule has 0 aliphatic heterocycles. The van der Waals surface area contributed by atoms with E-state index < -0.39 is 4.92 Å². The van der Waals surface area contributed by atoms with Gasteiger partial charge in [0, 0.05) is 29.9 Å². The third kappa shape index (κ3) is 4.65. The minimum absolute atomic E-state index is 0.0149. The Bertz CT molecular complexity index is 734. The number of benzene rings is 2. The summed E-state index contributed by atoms with van der Waals surface area (Å²) in [5, 5.41) is 26.9. The van der Waals surface area contributed by atoms with Gasteiger partial charge in [0.2, 0.25) is 0 Å². The van der Waals surface area contributed by atoms with Crippen LogP contribution in [0.5, 0.6) is 5.75 Å². The molecule has 2 aromatic rings. The number of hydrogen-bond acceptors (Lipinski definition) is 4. The number of nitrogens with one attached hydrogen (secondary N) is 2. The van der Waals surface area contributed by atoms with E-state index in [1.165, 1.54) is 23.8 Å². The first-order valence-electron chi connectivity index (χ1n) is 7.09. The summed E-state index contributed by atoms with van der Waals surface area (Å²) in [5.41, 5.74) is 2.39. The number of anilines is 1. The Morgan fingerprint density at radius 1 is 1.30 bits per heavy atom. The number of nitro groups is 1. The Labute approximate surface area is 139 Å². The average Bonchev–Trinajstić information content (AvgIpc) is 2.54. The van der Waals surface area contributed by atoms with Gasteiger partial charge in [-0.3, -0.25) is 10.1 Å². The van der Waals surface area contributed by atoms with Gasteiger partial charge in [-0.2, -0.15) is 0 Å². The molecule has 0 unspecified atom stereocenters. The van der Waals surface area contributed by atoms with E-state index in [-0.39, 0.29) is 18.0 Å². The minimum atomic E-state index is -0.504. The maximum absolute atomic E-state index is 10.8. The monoisotopic (exact) mass is 331 g/mol. The maximum Gasteiger partial charge on any atom is 0.270 e. The number of non-ortho nitro benzene ring substituents is 1. The molecule has 0 atom stereocenters. The maximum atomic E-state index is 10.8. The molecular formula is C16H17N3O3S. The third-order valence-electron chi connectivity index (χ3n) is 3.31. The number of phenols is 1. The molecule has 0 saturated carbocycles. The molecule has 2 aromatic carbocycles. The second-order valence-electron chi connectivity index (χ2n) is 4.93. The van der Waals surface area contributed by atoms with Crippen LogP contribution in [0.4, 0.5) is 11.4 Å². The number of nitrogens with zero attached hydrogens (tertiary/aromatic N) is 1. The quantitative estimate of drug-likeness (QED) is 0.442. The fourth-order valence-corrected chi connectivity index (χ4v) is 2.24. The molecule has 0 aromatic heterocycles. The summed E-state index contributed by atoms with van der Waals surface area (Å²) >= 11 is 5.20. The van der Waals surface area contributed by atoms with Crippen molar-refractivity contribution in [2.75, 3.05) is 5.32 Å². The number of phenolic OH excluding ortho intramolecular Hbond substituents is 1. The zero-order chi connectivity index (χ0) is 16.8. The average molecular weight is 331 g/mol. The molecule has 7 heteroatoms. The van der Waals surface area contributed by atoms with Gasteiger partial charge in [0.15, 0.2) is 5.11 Å². The fourth-order valence-electron chi connectivity index (χ4n) is 2.05. The highest BCUT2D eigenvalue weighted by atomic mass is 32.1. The number of thiocarbonyl (C=S) groups is 1. The van der Waals surface area contributed by atoms with Crippen LogP contribution in [0.15, 0.2) is 42.5 Å². The second-order valence-corrected chi connectivity index (χ2v) is 5.34. The first kappa shape index (κ1) is 16.7. The summed E-state index contributed by atoms with van der Waals surface area (Å²) in [5.74, 6) is -0.0149. The van der Waals surface area contributed by atoms with Gasteiger partial charge in [0.1, 0.15) is 5.75 Å². The van der Waals surface area contributed by atoms with Gasteiger partial charge in [-0.1, -0.05) is 19.1 Å². The molecule has 120 valence electrons. The summed E-state index contributed by atoms with van der Waals surface area (Å²) in [7, 11) is 0. The minimum Gasteiger partial charge on any atom is -0.508 e. The van der Waals surface area contributed by atoms with Crippen molar-refractivity contribution in [3.05, 3.63) is 63.7 Å². The Balaban J connectivity index is 1.99. The van der Waals surface area contributed by atoms with Crippen LogP contribution in [0.2, 0.25) is 0 Å². The number of rotatable bonds is 5. The Kier molecular flexibility index (Phi) is 5.48. The SMILES string of the molecule is CCc1cccc(NC(=S)NCc2cc([N+](=O)[O-])ccc2O)c1. The number of aromatic hydroxyl groups is 1. The highest BCUT2D eigenvalue weighted by molar-refractivity contribution is 7.80. The smallest absolute Gasteiger partial charge is 0.270 e. The third-order valence-corrected chi connectivity index (χ3v) is 3.55. The van der Waals surface area contributed by atoms with Crippen molar-refractivity contribution in [1.82, 2.24) is 5.32 Å². The highest BCUT2D eigenvalue weighted by Gasteiger charge is 2.10. The molecule has 0 aliphatic rings. The molecule has 0 heterocycles. The van der Waals surface area contributed by atoms with Gasteiger partial charge < -0.3 is 15.7 Å². The van der Waals surface area contributed by atoms with Crippen molar-refractivity contribution >= 4 is 28.7 Å². The van der Waals surface area contributed by atoms with Crippen molar-refractivity contribution in [3.8, 4) is 5.75 Å². The van der Waals surface area contributed by atoms with E-state index in [0.29, 0.717) is 10.7 Å². The lowest BCUT2D eigenvalue weighted by molar-refractivity contribution is -0.384. The van der Waals surface area contributed by atoms with Gasteiger partial charge in [-0.15, -0.1) is 0 Å². The summed E-state index contributed by atoms with van der Waals surface area (Å²) in [6.07, 6.45) is 0.928. The van der Waals surface area contributed by atoms with Crippen LogP contribution < -0.4 is 10.6 Å². The fraction of sp³-hybridized carbons (Fsp3) is 0.188. The van der Waals surface area contributed by atoms with Crippen LogP contribution in [0.1, 0.15) is 18.1 Å². The van der Waals surface area contributed by atoms with E-state index in [1.54, 1.807) is 0 Å². The molecule has 0 radical (unpaired) electrons. The molecule has 0 bridgehead atoms. The molecule has 0 amide bonds. The van der Waals surface area contributed by atoms with Gasteiger partial charge in [-0.25, -0.2) is 0 Å². The summed E-state index contributed by atoms with van der Waals surface area (Å²) in [6, 6.07) is 11.8. The molecule has 0 fully saturated rings. The zero-order valence-electron chi connectivity index (χ0n) is 12.6. The van der Waals surface area contributed by atoms with E-state index in [2.05, 4.69) is 17.6 Å². The molecule has 0 aliphatic carbocycles. The van der Waals surface area contributed by atoms with E-state index in [4.69, 9.17) is 12.2 Å². The van der Waals surface area contributed by atoms with E-state index in [9.17, 15) is 15.2 Å². The standard InChI is InChI=1S/C16H17N3O3S/c1-2-11-4-3-5-13(8-11)18-16(23)17-10-12-9-14(19(21)22)6-7-15(12)20/h3-9,20H,2,10H2,1H3,(H2,17,18,23). The number of hydrogen-bond donors (Lipinski definition) is 3.